The summed E-state index contributed by atoms with van der Waals surface area (Å²) in [6.07, 6.45) is 2.01. The molecule has 0 radical (unpaired) electrons. The maximum atomic E-state index is 5.31. The van der Waals surface area contributed by atoms with Crippen molar-refractivity contribution in [3.8, 4) is 0 Å². The zero-order valence-electron chi connectivity index (χ0n) is 11.6. The highest BCUT2D eigenvalue weighted by Crippen LogP contribution is 2.22. The van der Waals surface area contributed by atoms with E-state index in [1.54, 1.807) is 0 Å². The van der Waals surface area contributed by atoms with Crippen LogP contribution in [0.1, 0.15) is 38.6 Å². The summed E-state index contributed by atoms with van der Waals surface area (Å²) in [7, 11) is 0. The molecule has 5 heteroatoms. The maximum Gasteiger partial charge on any atom is 0.0767 e. The van der Waals surface area contributed by atoms with E-state index in [0.29, 0.717) is 0 Å². The second-order valence-corrected chi connectivity index (χ2v) is 4.90. The summed E-state index contributed by atoms with van der Waals surface area (Å²) in [5.74, 6) is 0. The fourth-order valence-electron chi connectivity index (χ4n) is 1.84. The number of hydrogen-bond donors (Lipinski definition) is 1. The van der Waals surface area contributed by atoms with Gasteiger partial charge in [0.2, 0.25) is 0 Å². The van der Waals surface area contributed by atoms with E-state index >= 15 is 0 Å². The van der Waals surface area contributed by atoms with Gasteiger partial charge in [-0.25, -0.2) is 0 Å². The zero-order chi connectivity index (χ0) is 13.4. The lowest BCUT2D eigenvalue weighted by molar-refractivity contribution is 0.144. The van der Waals surface area contributed by atoms with Crippen molar-refractivity contribution in [3.05, 3.63) is 15.9 Å². The van der Waals surface area contributed by atoms with Gasteiger partial charge >= 0.3 is 0 Å². The summed E-state index contributed by atoms with van der Waals surface area (Å²) in [5.41, 5.74) is 2.38. The van der Waals surface area contributed by atoms with Crippen molar-refractivity contribution < 1.29 is 4.74 Å². The minimum Gasteiger partial charge on any atom is -0.382 e. The van der Waals surface area contributed by atoms with E-state index in [-0.39, 0.29) is 0 Å². The lowest BCUT2D eigenvalue weighted by atomic mass is 10.3. The number of nitrogens with zero attached hydrogens (tertiary/aromatic N) is 2. The largest absolute Gasteiger partial charge is 0.382 e. The van der Waals surface area contributed by atoms with Crippen molar-refractivity contribution in [1.29, 1.82) is 0 Å². The van der Waals surface area contributed by atoms with E-state index in [4.69, 9.17) is 4.74 Å². The minimum atomic E-state index is 0.800. The van der Waals surface area contributed by atoms with Gasteiger partial charge in [0.1, 0.15) is 0 Å². The summed E-state index contributed by atoms with van der Waals surface area (Å²) in [5, 5.41) is 8.02. The Labute approximate surface area is 118 Å². The average Bonchev–Trinajstić information content (AvgIpc) is 2.70. The first-order valence-corrected chi connectivity index (χ1v) is 7.56. The molecule has 0 amide bonds. The Morgan fingerprint density at radius 1 is 1.33 bits per heavy atom. The first-order chi connectivity index (χ1) is 8.74. The molecule has 18 heavy (non-hydrogen) atoms. The topological polar surface area (TPSA) is 39.1 Å². The van der Waals surface area contributed by atoms with Gasteiger partial charge in [0, 0.05) is 26.3 Å². The first-order valence-electron chi connectivity index (χ1n) is 6.77. The molecule has 0 bridgehead atoms. The predicted octanol–water partition coefficient (Wildman–Crippen LogP) is 2.74. The molecule has 0 aromatic carbocycles. The Morgan fingerprint density at radius 3 is 2.72 bits per heavy atom. The van der Waals surface area contributed by atoms with Crippen LogP contribution in [0.3, 0.4) is 0 Å². The number of ether oxygens (including phenoxy) is 1. The molecular formula is C13H24BrN3O. The quantitative estimate of drug-likeness (QED) is 0.712. The molecule has 0 saturated carbocycles. The van der Waals surface area contributed by atoms with Gasteiger partial charge in [-0.3, -0.25) is 4.68 Å². The van der Waals surface area contributed by atoms with Crippen LogP contribution < -0.4 is 5.32 Å². The number of aromatic nitrogens is 2. The van der Waals surface area contributed by atoms with Crippen LogP contribution in [0.25, 0.3) is 0 Å². The number of hydrogen-bond acceptors (Lipinski definition) is 3. The van der Waals surface area contributed by atoms with Crippen molar-refractivity contribution >= 4 is 15.9 Å². The normalized spacial score (nSPS) is 11.1. The molecule has 0 atom stereocenters. The van der Waals surface area contributed by atoms with E-state index in [1.165, 1.54) is 5.69 Å². The molecule has 0 fully saturated rings. The van der Waals surface area contributed by atoms with Crippen LogP contribution in [-0.4, -0.2) is 29.5 Å². The highest BCUT2D eigenvalue weighted by Gasteiger charge is 2.12. The molecule has 1 heterocycles. The lowest BCUT2D eigenvalue weighted by Crippen LogP contribution is -2.19. The molecule has 1 rings (SSSR count). The second kappa shape index (κ2) is 8.67. The van der Waals surface area contributed by atoms with Crippen LogP contribution in [0, 0.1) is 0 Å². The Bertz CT molecular complexity index is 352. The average molecular weight is 318 g/mol. The standard InChI is InChI=1S/C13H24BrN3O/c1-4-11-13(14)12(17(5-2)16-11)10-15-8-7-9-18-6-3/h15H,4-10H2,1-3H3. The summed E-state index contributed by atoms with van der Waals surface area (Å²) in [6, 6.07) is 0. The fraction of sp³-hybridized carbons (Fsp3) is 0.769. The Balaban J connectivity index is 2.43. The fourth-order valence-corrected chi connectivity index (χ4v) is 2.54. The van der Waals surface area contributed by atoms with Crippen molar-refractivity contribution in [2.45, 2.75) is 46.7 Å². The van der Waals surface area contributed by atoms with Crippen molar-refractivity contribution in [2.75, 3.05) is 19.8 Å². The van der Waals surface area contributed by atoms with Crippen LogP contribution >= 0.6 is 15.9 Å². The third kappa shape index (κ3) is 4.37. The van der Waals surface area contributed by atoms with E-state index in [0.717, 1.165) is 55.9 Å². The van der Waals surface area contributed by atoms with Crippen LogP contribution in [0.2, 0.25) is 0 Å². The molecule has 0 aliphatic heterocycles. The molecule has 0 unspecified atom stereocenters. The van der Waals surface area contributed by atoms with E-state index < -0.39 is 0 Å². The zero-order valence-corrected chi connectivity index (χ0v) is 13.2. The van der Waals surface area contributed by atoms with Crippen LogP contribution in [0.4, 0.5) is 0 Å². The van der Waals surface area contributed by atoms with Crippen molar-refractivity contribution in [2.24, 2.45) is 0 Å². The van der Waals surface area contributed by atoms with Gasteiger partial charge in [-0.1, -0.05) is 6.92 Å². The summed E-state index contributed by atoms with van der Waals surface area (Å²) >= 11 is 3.65. The number of rotatable bonds is 9. The minimum absolute atomic E-state index is 0.800. The van der Waals surface area contributed by atoms with Gasteiger partial charge in [0.25, 0.3) is 0 Å². The number of halogens is 1. The van der Waals surface area contributed by atoms with Gasteiger partial charge < -0.3 is 10.1 Å². The Hall–Kier alpha value is -0.390. The lowest BCUT2D eigenvalue weighted by Gasteiger charge is -2.07. The highest BCUT2D eigenvalue weighted by atomic mass is 79.9. The molecule has 1 N–H and O–H groups in total. The van der Waals surface area contributed by atoms with Crippen LogP contribution in [0.5, 0.6) is 0 Å². The molecule has 4 nitrogen and oxygen atoms in total. The summed E-state index contributed by atoms with van der Waals surface area (Å²) < 4.78 is 8.53. The van der Waals surface area contributed by atoms with Crippen LogP contribution in [0.15, 0.2) is 4.47 Å². The second-order valence-electron chi connectivity index (χ2n) is 4.10. The van der Waals surface area contributed by atoms with Crippen molar-refractivity contribution in [3.63, 3.8) is 0 Å². The Morgan fingerprint density at radius 2 is 2.11 bits per heavy atom. The van der Waals surface area contributed by atoms with Gasteiger partial charge in [0.05, 0.1) is 15.9 Å². The van der Waals surface area contributed by atoms with Gasteiger partial charge in [-0.05, 0) is 49.2 Å². The van der Waals surface area contributed by atoms with E-state index in [2.05, 4.69) is 44.9 Å². The SMILES string of the molecule is CCOCCCNCc1c(Br)c(CC)nn1CC. The van der Waals surface area contributed by atoms with Crippen LogP contribution in [-0.2, 0) is 24.2 Å². The number of aryl methyl sites for hydroxylation is 2. The molecule has 0 aliphatic rings. The molecule has 0 saturated heterocycles. The molecular weight excluding hydrogens is 294 g/mol. The summed E-state index contributed by atoms with van der Waals surface area (Å²) in [6.45, 7) is 10.7. The van der Waals surface area contributed by atoms with Gasteiger partial charge in [-0.15, -0.1) is 0 Å². The molecule has 1 aromatic heterocycles. The van der Waals surface area contributed by atoms with Gasteiger partial charge in [0.15, 0.2) is 0 Å². The highest BCUT2D eigenvalue weighted by molar-refractivity contribution is 9.10. The number of nitrogens with one attached hydrogen (secondary N) is 1. The first kappa shape index (κ1) is 15.7. The Kier molecular flexibility index (Phi) is 7.54. The smallest absolute Gasteiger partial charge is 0.0767 e. The molecule has 0 aliphatic carbocycles. The molecule has 1 aromatic rings. The van der Waals surface area contributed by atoms with E-state index in [1.807, 2.05) is 6.92 Å². The third-order valence-corrected chi connectivity index (χ3v) is 3.75. The molecule has 104 valence electrons. The third-order valence-electron chi connectivity index (χ3n) is 2.83. The predicted molar refractivity (Wildman–Crippen MR) is 77.8 cm³/mol. The van der Waals surface area contributed by atoms with Crippen molar-refractivity contribution in [1.82, 2.24) is 15.1 Å². The molecule has 0 spiro atoms. The summed E-state index contributed by atoms with van der Waals surface area (Å²) in [4.78, 5) is 0. The van der Waals surface area contributed by atoms with Gasteiger partial charge in [-0.2, -0.15) is 5.10 Å². The monoisotopic (exact) mass is 317 g/mol. The van der Waals surface area contributed by atoms with E-state index in [9.17, 15) is 0 Å². The maximum absolute atomic E-state index is 5.31.